The number of ether oxygens (including phenoxy) is 2. The summed E-state index contributed by atoms with van der Waals surface area (Å²) in [6, 6.07) is 3.98. The lowest BCUT2D eigenvalue weighted by Gasteiger charge is -2.57. The molecule has 3 aromatic heterocycles. The summed E-state index contributed by atoms with van der Waals surface area (Å²) in [4.78, 5) is 3.49. The van der Waals surface area contributed by atoms with Crippen LogP contribution in [0.25, 0.3) is 4.85 Å². The van der Waals surface area contributed by atoms with Crippen LogP contribution in [-0.2, 0) is 29.1 Å². The van der Waals surface area contributed by atoms with Gasteiger partial charge < -0.3 is 24.8 Å². The summed E-state index contributed by atoms with van der Waals surface area (Å²) in [6.07, 6.45) is 40.8. The Morgan fingerprint density at radius 3 is 1.37 bits per heavy atom. The molecule has 3 heterocycles. The third-order valence-electron chi connectivity index (χ3n) is 30.0. The molecule has 0 aromatic carbocycles. The number of aromatic nitrogens is 6. The van der Waals surface area contributed by atoms with Crippen molar-refractivity contribution in [2.45, 2.75) is 251 Å². The van der Waals surface area contributed by atoms with Crippen molar-refractivity contribution in [1.29, 1.82) is 0 Å². The maximum absolute atomic E-state index is 15.4. The Balaban J connectivity index is 0.000000127. The van der Waals surface area contributed by atoms with Gasteiger partial charge in [-0.05, 0) is 323 Å². The van der Waals surface area contributed by atoms with E-state index in [9.17, 15) is 15.3 Å². The van der Waals surface area contributed by atoms with Crippen LogP contribution < -0.4 is 0 Å². The number of allylic oxidation sites excluding steroid dienone is 3. The van der Waals surface area contributed by atoms with Crippen LogP contribution in [0.5, 0.6) is 0 Å². The smallest absolute Gasteiger partial charge is 0.224 e. The molecule has 0 unspecified atom stereocenters. The monoisotopic (exact) mass is 1280 g/mol. The van der Waals surface area contributed by atoms with Crippen LogP contribution >= 0.6 is 0 Å². The molecule has 12 nitrogen and oxygen atoms in total. The Hall–Kier alpha value is -3.93. The Morgan fingerprint density at radius 1 is 0.516 bits per heavy atom. The number of nitrogens with zero attached hydrogens (tertiary/aromatic N) is 7. The summed E-state index contributed by atoms with van der Waals surface area (Å²) >= 11 is 0. The predicted octanol–water partition coefficient (Wildman–Crippen LogP) is 16.9. The van der Waals surface area contributed by atoms with Gasteiger partial charge in [-0.3, -0.25) is 14.0 Å². The van der Waals surface area contributed by atoms with Gasteiger partial charge in [0.15, 0.2) is 0 Å². The molecule has 93 heavy (non-hydrogen) atoms. The molecule has 13 heteroatoms. The number of hydrogen-bond acceptors (Lipinski definition) is 8. The van der Waals surface area contributed by atoms with Crippen LogP contribution in [0, 0.1) is 129 Å². The molecule has 3 aromatic rings. The quantitative estimate of drug-likeness (QED) is 0.101. The lowest BCUT2D eigenvalue weighted by molar-refractivity contribution is -0.127. The Kier molecular flexibility index (Phi) is 19.7. The van der Waals surface area contributed by atoms with Crippen LogP contribution in [0.4, 0.5) is 10.1 Å². The fraction of sp³-hybridized carbons (Fsp3) is 0.800. The molecule has 25 atom stereocenters. The zero-order valence-corrected chi connectivity index (χ0v) is 58.2. The van der Waals surface area contributed by atoms with Crippen molar-refractivity contribution in [1.82, 2.24) is 29.3 Å². The van der Waals surface area contributed by atoms with Gasteiger partial charge in [0.2, 0.25) is 5.69 Å². The maximum Gasteiger partial charge on any atom is 0.224 e. The number of halogens is 1. The van der Waals surface area contributed by atoms with Crippen molar-refractivity contribution in [3.8, 4) is 0 Å². The normalized spacial score (nSPS) is 45.1. The molecule has 0 radical (unpaired) electrons. The SMILES string of the molecule is C=C(Cn1cccn1)[C@H]1CC[C@H]2[C@@H]3CC[C@H]4C[C@@](O)(COCC)CC[C@@H]4[C@H]3CC[C@]12C.C=C(Cn1cccn1)[C@H]1CC[C@H]2[C@@H]3C[C@@H](F)[C@H]4C[C@](C)(O)CC[C@@H]4[C@H]3CC[C@]12C.[C-]#[N+]c1cnn(CC(=C)[C@H]2CC[C@H]3[C@@H]4CC[C@H]5C[C@@](O)(COCC)CC[C@@H]5[C@H]4CC[C@]23C)c1. The van der Waals surface area contributed by atoms with Gasteiger partial charge in [0.25, 0.3) is 0 Å². The fourth-order valence-electron chi connectivity index (χ4n) is 26.0. The minimum atomic E-state index is -0.735. The Labute approximate surface area is 559 Å². The summed E-state index contributed by atoms with van der Waals surface area (Å²) in [7, 11) is 0. The third kappa shape index (κ3) is 13.1. The van der Waals surface area contributed by atoms with Gasteiger partial charge in [-0.1, -0.05) is 57.2 Å². The van der Waals surface area contributed by atoms with Crippen molar-refractivity contribution in [3.05, 3.63) is 97.2 Å². The Bertz CT molecular complexity index is 3100. The fourth-order valence-corrected chi connectivity index (χ4v) is 26.0. The summed E-state index contributed by atoms with van der Waals surface area (Å²) in [5, 5.41) is 45.9. The van der Waals surface area contributed by atoms with Crippen molar-refractivity contribution in [2.75, 3.05) is 26.4 Å². The van der Waals surface area contributed by atoms with E-state index in [1.165, 1.54) is 132 Å². The predicted molar refractivity (Wildman–Crippen MR) is 366 cm³/mol. The van der Waals surface area contributed by atoms with Crippen LogP contribution in [0.3, 0.4) is 0 Å². The molecule has 0 saturated heterocycles. The van der Waals surface area contributed by atoms with Crippen molar-refractivity contribution in [2.24, 2.45) is 123 Å². The summed E-state index contributed by atoms with van der Waals surface area (Å²) < 4.78 is 32.6. The van der Waals surface area contributed by atoms with Gasteiger partial charge in [0, 0.05) is 44.2 Å². The van der Waals surface area contributed by atoms with Gasteiger partial charge in [-0.15, -0.1) is 0 Å². The van der Waals surface area contributed by atoms with Gasteiger partial charge in [-0.25, -0.2) is 9.24 Å². The average molecular weight is 1280 g/mol. The first-order valence-corrected chi connectivity index (χ1v) is 37.9. The highest BCUT2D eigenvalue weighted by Crippen LogP contribution is 2.69. The standard InChI is InChI=1S/C28H41N3O2.C27H42N2O2.C25H37FN2O/c1-5-33-18-28(32)13-11-22-20(14-28)6-7-24-23(22)10-12-27(3)25(8-9-26(24)27)19(2)16-31-17-21(29-4)15-30-31;1-4-31-18-27(30)13-11-21-20(16-27)6-7-23-22(21)10-12-26(3)24(8-9-25(23)26)19(2)17-29-15-5-14-28-29;1-16(15-28-12-4-11-27-28)21-5-6-22-19-13-23(26)20-14-24(2,29)9-7-18(20)17(19)8-10-25(21,22)3/h15,17,20,22-26,32H,2,5-14,16,18H2,1,3H3;5,14-15,20-25,30H,2,4,6-13,16-18H2,1,3H3;4,11-12,17-23,29H,1,5-10,13-15H2,2-3H3/t20-,22-,23+,24+,25+,26-,27+,28+;20-,21-,22+,23+,24+,25-,26+,27+;17-,18-,19-,20+,21-,22+,23-,24-,25-/m001/s1. The van der Waals surface area contributed by atoms with E-state index in [1.54, 1.807) is 6.20 Å². The average Bonchev–Trinajstić information content (AvgIpc) is 1.25. The molecule has 512 valence electrons. The van der Waals surface area contributed by atoms with Gasteiger partial charge in [0.1, 0.15) is 6.17 Å². The summed E-state index contributed by atoms with van der Waals surface area (Å²) in [5.41, 5.74) is 3.80. The first-order chi connectivity index (χ1) is 44.6. The molecular formula is C80H120FN7O5. The molecule has 0 spiro atoms. The van der Waals surface area contributed by atoms with Crippen LogP contribution in [0.1, 0.15) is 208 Å². The van der Waals surface area contributed by atoms with E-state index in [0.717, 1.165) is 112 Å². The minimum Gasteiger partial charge on any atom is -0.390 e. The third-order valence-corrected chi connectivity index (χ3v) is 30.0. The number of rotatable bonds is 15. The largest absolute Gasteiger partial charge is 0.390 e. The molecular weight excluding hydrogens is 1160 g/mol. The number of fused-ring (bicyclic) bond motifs is 15. The topological polar surface area (TPSA) is 137 Å². The second-order valence-electron chi connectivity index (χ2n) is 34.7. The number of aliphatic hydroxyl groups is 3. The van der Waals surface area contributed by atoms with Crippen molar-refractivity contribution < 1.29 is 29.2 Å². The van der Waals surface area contributed by atoms with Gasteiger partial charge in [0.05, 0.1) is 62.4 Å². The molecule has 12 aliphatic rings. The highest BCUT2D eigenvalue weighted by molar-refractivity contribution is 5.39. The van der Waals surface area contributed by atoms with Crippen LogP contribution in [0.2, 0.25) is 0 Å². The van der Waals surface area contributed by atoms with Crippen molar-refractivity contribution in [3.63, 3.8) is 0 Å². The highest BCUT2D eigenvalue weighted by Gasteiger charge is 2.62. The van der Waals surface area contributed by atoms with E-state index in [0.29, 0.717) is 103 Å². The van der Waals surface area contributed by atoms with E-state index < -0.39 is 23.0 Å². The zero-order valence-electron chi connectivity index (χ0n) is 58.2. The molecule has 15 rings (SSSR count). The first-order valence-electron chi connectivity index (χ1n) is 37.9. The lowest BCUT2D eigenvalue weighted by atomic mass is 9.48. The first kappa shape index (κ1) is 67.6. The molecule has 0 amide bonds. The summed E-state index contributed by atoms with van der Waals surface area (Å²) in [6.45, 7) is 39.2. The van der Waals surface area contributed by atoms with Crippen LogP contribution in [-0.4, -0.2) is 94.1 Å². The molecule has 3 N–H and O–H groups in total. The molecule has 12 saturated carbocycles. The van der Waals surface area contributed by atoms with E-state index in [2.05, 4.69) is 66.8 Å². The van der Waals surface area contributed by atoms with Gasteiger partial charge >= 0.3 is 0 Å². The zero-order chi connectivity index (χ0) is 65.2. The maximum atomic E-state index is 15.4. The Morgan fingerprint density at radius 2 is 0.935 bits per heavy atom. The number of alkyl halides is 1. The van der Waals surface area contributed by atoms with E-state index in [-0.39, 0.29) is 11.3 Å². The van der Waals surface area contributed by atoms with Crippen molar-refractivity contribution >= 4 is 5.69 Å². The second kappa shape index (κ2) is 27.1. The van der Waals surface area contributed by atoms with E-state index >= 15 is 4.39 Å². The number of hydrogen-bond donors (Lipinski definition) is 3. The van der Waals surface area contributed by atoms with Crippen LogP contribution in [0.15, 0.2) is 85.8 Å². The molecule has 12 aliphatic carbocycles. The molecule has 0 aliphatic heterocycles. The minimum absolute atomic E-state index is 0.0799. The van der Waals surface area contributed by atoms with Gasteiger partial charge in [-0.2, -0.15) is 15.3 Å². The van der Waals surface area contributed by atoms with E-state index in [4.69, 9.17) is 16.0 Å². The second-order valence-corrected chi connectivity index (χ2v) is 34.7. The molecule has 0 bridgehead atoms. The molecule has 12 fully saturated rings. The highest BCUT2D eigenvalue weighted by atomic mass is 19.1. The lowest BCUT2D eigenvalue weighted by Crippen LogP contribution is -2.54. The summed E-state index contributed by atoms with van der Waals surface area (Å²) in [5.74, 6) is 12.3. The van der Waals surface area contributed by atoms with E-state index in [1.807, 2.05) is 71.7 Å².